The standard InChI is InChI=1S/C13H10N4O7.C5H11N/c1-24-10-5-3-8(16(20)21)6-7(10)2-4-9-11(17(22)23)12(18)15-13(19)14-9;1-2-4-6-5-3-1/h2-6H,1H3,(H2,14,15,18,19);6H,1-5H2/b4-2+;. The Morgan fingerprint density at radius 3 is 2.20 bits per heavy atom. The van der Waals surface area contributed by atoms with Crippen molar-refractivity contribution < 1.29 is 14.6 Å². The number of hydrogen-bond acceptors (Lipinski definition) is 8. The van der Waals surface area contributed by atoms with Crippen molar-refractivity contribution in [2.24, 2.45) is 0 Å². The van der Waals surface area contributed by atoms with Crippen molar-refractivity contribution in [3.8, 4) is 5.75 Å². The normalized spacial score (nSPS) is 13.4. The molecule has 1 aromatic heterocycles. The van der Waals surface area contributed by atoms with Gasteiger partial charge in [0.2, 0.25) is 0 Å². The highest BCUT2D eigenvalue weighted by Gasteiger charge is 2.19. The van der Waals surface area contributed by atoms with E-state index in [1.807, 2.05) is 0 Å². The van der Waals surface area contributed by atoms with Gasteiger partial charge in [0.1, 0.15) is 11.4 Å². The molecular weight excluding hydrogens is 398 g/mol. The average molecular weight is 419 g/mol. The lowest BCUT2D eigenvalue weighted by molar-refractivity contribution is -0.386. The number of methoxy groups -OCH3 is 1. The zero-order valence-corrected chi connectivity index (χ0v) is 16.2. The van der Waals surface area contributed by atoms with Crippen LogP contribution in [-0.4, -0.2) is 40.0 Å². The molecule has 1 aliphatic rings. The van der Waals surface area contributed by atoms with Crippen molar-refractivity contribution >= 4 is 23.5 Å². The highest BCUT2D eigenvalue weighted by Crippen LogP contribution is 2.26. The molecule has 2 aromatic rings. The number of H-pyrrole nitrogens is 2. The minimum absolute atomic E-state index is 0.218. The smallest absolute Gasteiger partial charge is 0.357 e. The summed E-state index contributed by atoms with van der Waals surface area (Å²) in [5.74, 6) is 0.270. The minimum Gasteiger partial charge on any atom is -0.496 e. The highest BCUT2D eigenvalue weighted by molar-refractivity contribution is 5.75. The van der Waals surface area contributed by atoms with Crippen LogP contribution in [-0.2, 0) is 0 Å². The van der Waals surface area contributed by atoms with Crippen molar-refractivity contribution in [2.45, 2.75) is 19.3 Å². The largest absolute Gasteiger partial charge is 0.496 e. The molecule has 12 heteroatoms. The molecule has 160 valence electrons. The summed E-state index contributed by atoms with van der Waals surface area (Å²) >= 11 is 0. The Kier molecular flexibility index (Phi) is 7.99. The number of piperidine rings is 1. The maximum absolute atomic E-state index is 11.5. The van der Waals surface area contributed by atoms with Crippen LogP contribution in [0.2, 0.25) is 0 Å². The first-order valence-corrected chi connectivity index (χ1v) is 9.05. The van der Waals surface area contributed by atoms with E-state index in [4.69, 9.17) is 4.74 Å². The van der Waals surface area contributed by atoms with Gasteiger partial charge in [-0.05, 0) is 44.1 Å². The topological polar surface area (TPSA) is 173 Å². The number of nitrogens with zero attached hydrogens (tertiary/aromatic N) is 2. The van der Waals surface area contributed by atoms with Crippen LogP contribution >= 0.6 is 0 Å². The van der Waals surface area contributed by atoms with E-state index in [1.54, 1.807) is 4.98 Å². The van der Waals surface area contributed by atoms with Gasteiger partial charge in [0.25, 0.3) is 5.69 Å². The lowest BCUT2D eigenvalue weighted by Gasteiger charge is -2.08. The van der Waals surface area contributed by atoms with Crippen LogP contribution in [0.25, 0.3) is 12.2 Å². The van der Waals surface area contributed by atoms with E-state index < -0.39 is 26.8 Å². The quantitative estimate of drug-likeness (QED) is 0.486. The lowest BCUT2D eigenvalue weighted by atomic mass is 10.1. The molecule has 0 saturated carbocycles. The van der Waals surface area contributed by atoms with E-state index >= 15 is 0 Å². The summed E-state index contributed by atoms with van der Waals surface area (Å²) in [7, 11) is 1.34. The number of ether oxygens (including phenoxy) is 1. The Balaban J connectivity index is 0.000000456. The Labute approximate surface area is 169 Å². The third-order valence-electron chi connectivity index (χ3n) is 4.19. The van der Waals surface area contributed by atoms with Gasteiger partial charge in [-0.2, -0.15) is 0 Å². The minimum atomic E-state index is -1.16. The van der Waals surface area contributed by atoms with Crippen LogP contribution < -0.4 is 21.3 Å². The molecule has 0 atom stereocenters. The van der Waals surface area contributed by atoms with Crippen LogP contribution in [0.15, 0.2) is 27.8 Å². The van der Waals surface area contributed by atoms with Crippen molar-refractivity contribution in [3.63, 3.8) is 0 Å². The summed E-state index contributed by atoms with van der Waals surface area (Å²) in [5.41, 5.74) is -3.25. The molecule has 0 spiro atoms. The van der Waals surface area contributed by atoms with Gasteiger partial charge < -0.3 is 15.0 Å². The second-order valence-electron chi connectivity index (χ2n) is 6.25. The second kappa shape index (κ2) is 10.7. The molecular formula is C18H21N5O7. The molecule has 0 unspecified atom stereocenters. The van der Waals surface area contributed by atoms with Crippen LogP contribution in [0.4, 0.5) is 11.4 Å². The first kappa shape index (κ1) is 22.5. The molecule has 1 aliphatic heterocycles. The maximum Gasteiger partial charge on any atom is 0.357 e. The Morgan fingerprint density at radius 2 is 1.70 bits per heavy atom. The van der Waals surface area contributed by atoms with Gasteiger partial charge in [0, 0.05) is 17.7 Å². The van der Waals surface area contributed by atoms with Crippen LogP contribution in [0, 0.1) is 20.2 Å². The second-order valence-corrected chi connectivity index (χ2v) is 6.25. The van der Waals surface area contributed by atoms with Gasteiger partial charge in [-0.25, -0.2) is 4.79 Å². The molecule has 2 heterocycles. The molecule has 3 rings (SSSR count). The fourth-order valence-electron chi connectivity index (χ4n) is 2.74. The fourth-order valence-corrected chi connectivity index (χ4v) is 2.74. The van der Waals surface area contributed by atoms with Crippen molar-refractivity contribution in [3.05, 3.63) is 70.5 Å². The molecule has 0 radical (unpaired) electrons. The Morgan fingerprint density at radius 1 is 1.00 bits per heavy atom. The number of nitro groups is 2. The van der Waals surface area contributed by atoms with Crippen LogP contribution in [0.3, 0.4) is 0 Å². The summed E-state index contributed by atoms with van der Waals surface area (Å²) < 4.78 is 5.05. The summed E-state index contributed by atoms with van der Waals surface area (Å²) in [6, 6.07) is 3.77. The number of non-ortho nitro benzene ring substituents is 1. The molecule has 12 nitrogen and oxygen atoms in total. The SMILES string of the molecule is C1CCNCC1.COc1ccc([N+](=O)[O-])cc1/C=C/c1[nH]c(=O)[nH]c(=O)c1[N+](=O)[O-]. The zero-order valence-electron chi connectivity index (χ0n) is 16.2. The fraction of sp³-hybridized carbons (Fsp3) is 0.333. The number of benzene rings is 1. The predicted molar refractivity (Wildman–Crippen MR) is 110 cm³/mol. The number of nitrogens with one attached hydrogen (secondary N) is 3. The van der Waals surface area contributed by atoms with Crippen LogP contribution in [0.1, 0.15) is 30.5 Å². The first-order valence-electron chi connectivity index (χ1n) is 9.05. The van der Waals surface area contributed by atoms with E-state index in [-0.39, 0.29) is 22.7 Å². The van der Waals surface area contributed by atoms with Gasteiger partial charge in [-0.1, -0.05) is 6.42 Å². The number of aromatic amines is 2. The molecule has 3 N–H and O–H groups in total. The molecule has 1 fully saturated rings. The Bertz CT molecular complexity index is 1040. The summed E-state index contributed by atoms with van der Waals surface area (Å²) in [6.07, 6.45) is 6.56. The van der Waals surface area contributed by atoms with Gasteiger partial charge in [-0.15, -0.1) is 0 Å². The van der Waals surface area contributed by atoms with Gasteiger partial charge in [0.15, 0.2) is 0 Å². The number of nitro benzene ring substituents is 1. The van der Waals surface area contributed by atoms with Crippen LogP contribution in [0.5, 0.6) is 5.75 Å². The van der Waals surface area contributed by atoms with Gasteiger partial charge >= 0.3 is 16.9 Å². The molecule has 30 heavy (non-hydrogen) atoms. The predicted octanol–water partition coefficient (Wildman–Crippen LogP) is 1.82. The third kappa shape index (κ3) is 6.10. The summed E-state index contributed by atoms with van der Waals surface area (Å²) in [5, 5.41) is 25.1. The third-order valence-corrected chi connectivity index (χ3v) is 4.19. The summed E-state index contributed by atoms with van der Waals surface area (Å²) in [6.45, 7) is 2.50. The number of hydrogen-bond donors (Lipinski definition) is 3. The van der Waals surface area contributed by atoms with E-state index in [0.717, 1.165) is 6.08 Å². The monoisotopic (exact) mass is 419 g/mol. The number of aromatic nitrogens is 2. The van der Waals surface area contributed by atoms with E-state index in [2.05, 4.69) is 10.3 Å². The van der Waals surface area contributed by atoms with E-state index in [9.17, 15) is 29.8 Å². The van der Waals surface area contributed by atoms with Crippen molar-refractivity contribution in [2.75, 3.05) is 20.2 Å². The van der Waals surface area contributed by atoms with E-state index in [0.29, 0.717) is 0 Å². The van der Waals surface area contributed by atoms with Crippen molar-refractivity contribution in [1.29, 1.82) is 0 Å². The molecule has 1 aromatic carbocycles. The first-order chi connectivity index (χ1) is 14.3. The zero-order chi connectivity index (χ0) is 22.1. The molecule has 0 aliphatic carbocycles. The molecule has 0 bridgehead atoms. The summed E-state index contributed by atoms with van der Waals surface area (Å²) in [4.78, 5) is 46.9. The van der Waals surface area contributed by atoms with Crippen molar-refractivity contribution in [1.82, 2.24) is 15.3 Å². The van der Waals surface area contributed by atoms with Gasteiger partial charge in [0.05, 0.1) is 17.0 Å². The van der Waals surface area contributed by atoms with Gasteiger partial charge in [-0.3, -0.25) is 30.0 Å². The van der Waals surface area contributed by atoms with E-state index in [1.165, 1.54) is 63.7 Å². The molecule has 0 amide bonds. The lowest BCUT2D eigenvalue weighted by Crippen LogP contribution is -2.25. The molecule has 1 saturated heterocycles. The maximum atomic E-state index is 11.5. The number of rotatable bonds is 5. The highest BCUT2D eigenvalue weighted by atomic mass is 16.6. The Hall–Kier alpha value is -3.80. The average Bonchev–Trinajstić information content (AvgIpc) is 2.72.